The molecule has 16 nitrogen and oxygen atoms in total. The molecule has 2 aliphatic rings. The summed E-state index contributed by atoms with van der Waals surface area (Å²) in [6.07, 6.45) is -18.6. The van der Waals surface area contributed by atoms with Crippen molar-refractivity contribution in [1.29, 1.82) is 0 Å². The van der Waals surface area contributed by atoms with Crippen LogP contribution in [0.4, 0.5) is 0 Å². The van der Waals surface area contributed by atoms with E-state index >= 15 is 0 Å². The average Bonchev–Trinajstić information content (AvgIpc) is 2.79. The van der Waals surface area contributed by atoms with Gasteiger partial charge >= 0.3 is 5.97 Å². The van der Waals surface area contributed by atoms with E-state index < -0.39 is 98.1 Å². The van der Waals surface area contributed by atoms with E-state index in [9.17, 15) is 50.4 Å². The van der Waals surface area contributed by atoms with E-state index in [2.05, 4.69) is 5.32 Å². The van der Waals surface area contributed by atoms with E-state index in [1.807, 2.05) is 0 Å². The summed E-state index contributed by atoms with van der Waals surface area (Å²) in [5.74, 6) is -5.91. The van der Waals surface area contributed by atoms with Crippen LogP contribution in [0.25, 0.3) is 0 Å². The summed E-state index contributed by atoms with van der Waals surface area (Å²) in [5, 5.41) is 92.4. The average molecular weight is 501 g/mol. The van der Waals surface area contributed by atoms with Gasteiger partial charge in [-0.3, -0.25) is 4.79 Å². The molecule has 0 aliphatic carbocycles. The summed E-state index contributed by atoms with van der Waals surface area (Å²) < 4.78 is 20.6. The molecule has 2 saturated heterocycles. The molecule has 0 saturated carbocycles. The number of aliphatic carboxylic acids is 1. The van der Waals surface area contributed by atoms with E-state index in [0.29, 0.717) is 0 Å². The number of carboxylic acids is 1. The quantitative estimate of drug-likeness (QED) is 0.141. The molecule has 2 aliphatic heterocycles. The Morgan fingerprint density at radius 3 is 2.18 bits per heavy atom. The van der Waals surface area contributed by atoms with E-state index in [1.165, 1.54) is 0 Å². The highest BCUT2D eigenvalue weighted by molar-refractivity contribution is 5.77. The fourth-order valence-corrected chi connectivity index (χ4v) is 3.79. The van der Waals surface area contributed by atoms with Crippen LogP contribution in [0.2, 0.25) is 0 Å². The van der Waals surface area contributed by atoms with Crippen LogP contribution < -0.4 is 5.32 Å². The normalized spacial score (nSPS) is 42.6. The molecule has 2 fully saturated rings. The topological polar surface area (TPSA) is 265 Å². The van der Waals surface area contributed by atoms with E-state index in [0.717, 1.165) is 14.0 Å². The lowest BCUT2D eigenvalue weighted by molar-refractivity contribution is -0.361. The van der Waals surface area contributed by atoms with Crippen molar-refractivity contribution >= 4 is 11.9 Å². The maximum absolute atomic E-state index is 12.1. The number of amides is 1. The second kappa shape index (κ2) is 11.5. The summed E-state index contributed by atoms with van der Waals surface area (Å²) in [6, 6.07) is -1.65. The van der Waals surface area contributed by atoms with Crippen molar-refractivity contribution in [3.63, 3.8) is 0 Å². The zero-order valence-corrected chi connectivity index (χ0v) is 18.2. The number of carbonyl (C=O) groups excluding carboxylic acids is 1. The van der Waals surface area contributed by atoms with Crippen molar-refractivity contribution in [2.24, 2.45) is 0 Å². The number of carbonyl (C=O) groups is 2. The summed E-state index contributed by atoms with van der Waals surface area (Å²) in [5.41, 5.74) is 0. The van der Waals surface area contributed by atoms with Gasteiger partial charge in [-0.2, -0.15) is 0 Å². The Hall–Kier alpha value is -1.54. The molecule has 10 N–H and O–H groups in total. The number of aliphatic hydroxyl groups is 8. The highest BCUT2D eigenvalue weighted by Crippen LogP contribution is 2.35. The van der Waals surface area contributed by atoms with Gasteiger partial charge in [0.1, 0.15) is 54.9 Å². The minimum absolute atomic E-state index is 0.767. The fraction of sp³-hybridized carbons (Fsp3) is 0.889. The smallest absolute Gasteiger partial charge is 0.367 e. The lowest BCUT2D eigenvalue weighted by atomic mass is 9.86. The predicted octanol–water partition coefficient (Wildman–Crippen LogP) is -6.42. The molecule has 0 unspecified atom stereocenters. The third kappa shape index (κ3) is 5.48. The molecule has 0 radical (unpaired) electrons. The van der Waals surface area contributed by atoms with Gasteiger partial charge in [0, 0.05) is 14.0 Å². The van der Waals surface area contributed by atoms with Crippen LogP contribution in [0.5, 0.6) is 0 Å². The number of hydrogen-bond donors (Lipinski definition) is 10. The maximum atomic E-state index is 12.1. The molecular formula is C18H31NO15. The number of carboxylic acid groups (broad SMARTS) is 1. The maximum Gasteiger partial charge on any atom is 0.367 e. The van der Waals surface area contributed by atoms with Gasteiger partial charge in [0.2, 0.25) is 5.91 Å². The number of nitrogens with one attached hydrogen (secondary N) is 1. The minimum atomic E-state index is -3.14. The molecule has 198 valence electrons. The second-order valence-electron chi connectivity index (χ2n) is 8.02. The first-order chi connectivity index (χ1) is 15.8. The zero-order valence-electron chi connectivity index (χ0n) is 18.2. The van der Waals surface area contributed by atoms with Crippen LogP contribution in [0.3, 0.4) is 0 Å². The van der Waals surface area contributed by atoms with Crippen molar-refractivity contribution in [3.05, 3.63) is 0 Å². The largest absolute Gasteiger partial charge is 0.477 e. The Morgan fingerprint density at radius 1 is 1.06 bits per heavy atom. The van der Waals surface area contributed by atoms with Crippen LogP contribution in [0.15, 0.2) is 0 Å². The van der Waals surface area contributed by atoms with Crippen LogP contribution >= 0.6 is 0 Å². The van der Waals surface area contributed by atoms with Crippen molar-refractivity contribution in [2.75, 3.05) is 20.3 Å². The van der Waals surface area contributed by atoms with E-state index in [4.69, 9.17) is 24.1 Å². The molecule has 0 aromatic carbocycles. The van der Waals surface area contributed by atoms with Gasteiger partial charge in [-0.05, 0) is 0 Å². The summed E-state index contributed by atoms with van der Waals surface area (Å²) in [7, 11) is 1.12. The molecule has 16 heteroatoms. The molecule has 2 rings (SSSR count). The Balaban J connectivity index is 2.36. The SMILES string of the molecule is CO[C@H]1O[C@H](CO[C@]2(C(=O)O)O[C@@H]([C@H](O)[C@H](O)CO)[C@H](NC(C)=O)[C@@H](O)[C@@H]2O)[C@@H](O)[C@H](O)[C@H]1O. The summed E-state index contributed by atoms with van der Waals surface area (Å²) in [4.78, 5) is 23.7. The number of rotatable bonds is 9. The Kier molecular flexibility index (Phi) is 9.68. The number of methoxy groups -OCH3 is 1. The van der Waals surface area contributed by atoms with Gasteiger partial charge in [0.15, 0.2) is 6.29 Å². The fourth-order valence-electron chi connectivity index (χ4n) is 3.79. The zero-order chi connectivity index (χ0) is 26.0. The minimum Gasteiger partial charge on any atom is -0.477 e. The van der Waals surface area contributed by atoms with E-state index in [-0.39, 0.29) is 0 Å². The first-order valence-corrected chi connectivity index (χ1v) is 10.2. The number of ether oxygens (including phenoxy) is 4. The first kappa shape index (κ1) is 28.7. The molecule has 12 atom stereocenters. The van der Waals surface area contributed by atoms with Crippen molar-refractivity contribution in [2.45, 2.75) is 80.0 Å². The van der Waals surface area contributed by atoms with Crippen LogP contribution in [-0.4, -0.2) is 151 Å². The molecule has 2 heterocycles. The van der Waals surface area contributed by atoms with Gasteiger partial charge in [-0.25, -0.2) is 4.79 Å². The second-order valence-corrected chi connectivity index (χ2v) is 8.02. The highest BCUT2D eigenvalue weighted by atomic mass is 16.8. The molecular weight excluding hydrogens is 470 g/mol. The summed E-state index contributed by atoms with van der Waals surface area (Å²) >= 11 is 0. The van der Waals surface area contributed by atoms with Crippen LogP contribution in [-0.2, 0) is 28.5 Å². The van der Waals surface area contributed by atoms with Gasteiger partial charge in [0.05, 0.1) is 19.3 Å². The van der Waals surface area contributed by atoms with Crippen molar-refractivity contribution in [3.8, 4) is 0 Å². The molecule has 0 aromatic rings. The van der Waals surface area contributed by atoms with Crippen molar-refractivity contribution < 1.29 is 74.5 Å². The molecule has 0 spiro atoms. The van der Waals surface area contributed by atoms with Gasteiger partial charge in [0.25, 0.3) is 5.79 Å². The van der Waals surface area contributed by atoms with Crippen molar-refractivity contribution in [1.82, 2.24) is 5.32 Å². The van der Waals surface area contributed by atoms with Gasteiger partial charge < -0.3 is 70.2 Å². The standard InChI is InChI=1S/C18H31NO15/c1-5(21)19-8-11(25)15(28)18(17(29)30,34-14(8)9(23)6(22)3-20)32-4-7-10(24)12(26)13(27)16(31-2)33-7/h6-16,20,22-28H,3-4H2,1-2H3,(H,19,21)(H,29,30)/t6-,7-,8-,9-,10-,11-,12+,13-,14-,15+,16+,18+/m1/s1. The third-order valence-corrected chi connectivity index (χ3v) is 5.69. The van der Waals surface area contributed by atoms with Crippen LogP contribution in [0.1, 0.15) is 6.92 Å². The molecule has 1 amide bonds. The summed E-state index contributed by atoms with van der Waals surface area (Å²) in [6.45, 7) is -0.889. The number of aliphatic hydroxyl groups excluding tert-OH is 8. The predicted molar refractivity (Wildman–Crippen MR) is 104 cm³/mol. The third-order valence-electron chi connectivity index (χ3n) is 5.69. The van der Waals surface area contributed by atoms with Crippen LogP contribution in [0, 0.1) is 0 Å². The molecule has 0 aromatic heterocycles. The Labute approximate surface area is 192 Å². The highest BCUT2D eigenvalue weighted by Gasteiger charge is 2.62. The molecule has 0 bridgehead atoms. The Morgan fingerprint density at radius 2 is 1.68 bits per heavy atom. The number of hydrogen-bond acceptors (Lipinski definition) is 14. The Bertz CT molecular complexity index is 709. The van der Waals surface area contributed by atoms with Gasteiger partial charge in [-0.1, -0.05) is 0 Å². The first-order valence-electron chi connectivity index (χ1n) is 10.2. The van der Waals surface area contributed by atoms with Gasteiger partial charge in [-0.15, -0.1) is 0 Å². The lowest BCUT2D eigenvalue weighted by Crippen LogP contribution is -2.74. The lowest BCUT2D eigenvalue weighted by Gasteiger charge is -2.49. The monoisotopic (exact) mass is 501 g/mol. The molecule has 34 heavy (non-hydrogen) atoms. The van der Waals surface area contributed by atoms with E-state index in [1.54, 1.807) is 0 Å².